The molecule has 3 rings (SSSR count). The van der Waals surface area contributed by atoms with E-state index >= 15 is 0 Å². The maximum Gasteiger partial charge on any atom is 0.227 e. The van der Waals surface area contributed by atoms with Crippen molar-refractivity contribution in [3.63, 3.8) is 0 Å². The SMILES string of the molecule is COc1ccc2c(ccc[n+]2CC(=O)c2ccc(Br)cc2)c1.[I-]. The van der Waals surface area contributed by atoms with E-state index in [4.69, 9.17) is 4.74 Å². The molecule has 1 heterocycles. The molecule has 3 nitrogen and oxygen atoms in total. The summed E-state index contributed by atoms with van der Waals surface area (Å²) in [4.78, 5) is 12.4. The van der Waals surface area contributed by atoms with Crippen molar-refractivity contribution < 1.29 is 38.1 Å². The Kier molecular flexibility index (Phi) is 6.12. The molecule has 0 bridgehead atoms. The van der Waals surface area contributed by atoms with Crippen LogP contribution in [0.2, 0.25) is 0 Å². The first-order valence-electron chi connectivity index (χ1n) is 6.92. The topological polar surface area (TPSA) is 30.2 Å². The third-order valence-corrected chi connectivity index (χ3v) is 4.09. The summed E-state index contributed by atoms with van der Waals surface area (Å²) in [6, 6.07) is 17.2. The molecule has 1 aromatic heterocycles. The van der Waals surface area contributed by atoms with Crippen LogP contribution in [0.5, 0.6) is 5.75 Å². The van der Waals surface area contributed by atoms with Crippen molar-refractivity contribution in [2.24, 2.45) is 0 Å². The van der Waals surface area contributed by atoms with Crippen LogP contribution in [0.1, 0.15) is 10.4 Å². The first-order valence-corrected chi connectivity index (χ1v) is 7.71. The summed E-state index contributed by atoms with van der Waals surface area (Å²) in [5.74, 6) is 0.894. The lowest BCUT2D eigenvalue weighted by atomic mass is 10.1. The number of halogens is 2. The van der Waals surface area contributed by atoms with Crippen LogP contribution in [0.3, 0.4) is 0 Å². The highest BCUT2D eigenvalue weighted by Gasteiger charge is 2.15. The number of rotatable bonds is 4. The third kappa shape index (κ3) is 4.09. The highest BCUT2D eigenvalue weighted by Crippen LogP contribution is 2.18. The van der Waals surface area contributed by atoms with Gasteiger partial charge < -0.3 is 28.7 Å². The van der Waals surface area contributed by atoms with Gasteiger partial charge in [0.15, 0.2) is 6.20 Å². The number of hydrogen-bond acceptors (Lipinski definition) is 2. The first kappa shape index (κ1) is 17.9. The number of hydrogen-bond donors (Lipinski definition) is 0. The summed E-state index contributed by atoms with van der Waals surface area (Å²) in [7, 11) is 1.65. The van der Waals surface area contributed by atoms with Gasteiger partial charge in [0, 0.05) is 22.2 Å². The van der Waals surface area contributed by atoms with E-state index in [-0.39, 0.29) is 29.8 Å². The lowest BCUT2D eigenvalue weighted by molar-refractivity contribution is -0.657. The number of Topliss-reactive ketones (excluding diaryl/α,β-unsaturated/α-hetero) is 1. The van der Waals surface area contributed by atoms with E-state index in [0.29, 0.717) is 12.1 Å². The molecule has 0 unspecified atom stereocenters. The molecule has 0 radical (unpaired) electrons. The summed E-state index contributed by atoms with van der Waals surface area (Å²) in [6.07, 6.45) is 1.92. The largest absolute Gasteiger partial charge is 1.00 e. The number of pyridine rings is 1. The van der Waals surface area contributed by atoms with Crippen LogP contribution in [0.4, 0.5) is 0 Å². The van der Waals surface area contributed by atoms with Crippen LogP contribution in [0.15, 0.2) is 65.3 Å². The Bertz CT molecular complexity index is 834. The van der Waals surface area contributed by atoms with Crippen molar-refractivity contribution in [2.45, 2.75) is 6.54 Å². The molecule has 3 aromatic rings. The van der Waals surface area contributed by atoms with Crippen LogP contribution >= 0.6 is 15.9 Å². The second kappa shape index (κ2) is 7.88. The molecule has 23 heavy (non-hydrogen) atoms. The molecular weight excluding hydrogens is 469 g/mol. The van der Waals surface area contributed by atoms with Gasteiger partial charge in [-0.2, -0.15) is 4.57 Å². The van der Waals surface area contributed by atoms with Gasteiger partial charge in [-0.05, 0) is 30.3 Å². The minimum absolute atomic E-state index is 0. The zero-order valence-electron chi connectivity index (χ0n) is 12.5. The number of methoxy groups -OCH3 is 1. The fraction of sp³-hybridized carbons (Fsp3) is 0.111. The van der Waals surface area contributed by atoms with Gasteiger partial charge in [-0.1, -0.05) is 28.1 Å². The van der Waals surface area contributed by atoms with Crippen molar-refractivity contribution in [3.8, 4) is 5.75 Å². The Morgan fingerprint density at radius 3 is 2.57 bits per heavy atom. The molecule has 5 heteroatoms. The molecule has 0 aliphatic carbocycles. The summed E-state index contributed by atoms with van der Waals surface area (Å²) >= 11 is 3.38. The van der Waals surface area contributed by atoms with E-state index in [0.717, 1.165) is 21.1 Å². The number of carbonyl (C=O) groups excluding carboxylic acids is 1. The minimum Gasteiger partial charge on any atom is -1.00 e. The van der Waals surface area contributed by atoms with Crippen molar-refractivity contribution in [3.05, 3.63) is 70.8 Å². The predicted molar refractivity (Wildman–Crippen MR) is 89.2 cm³/mol. The standard InChI is InChI=1S/C18H15BrNO2.HI/c1-22-16-8-9-17-14(11-16)3-2-10-20(17)12-18(21)13-4-6-15(19)7-5-13;/h2-11H,12H2,1H3;1H/q+1;/p-1. The predicted octanol–water partition coefficient (Wildman–Crippen LogP) is 0.785. The summed E-state index contributed by atoms with van der Waals surface area (Å²) in [5, 5.41) is 1.05. The van der Waals surface area contributed by atoms with Gasteiger partial charge >= 0.3 is 0 Å². The number of ketones is 1. The monoisotopic (exact) mass is 483 g/mol. The Morgan fingerprint density at radius 2 is 1.87 bits per heavy atom. The van der Waals surface area contributed by atoms with Crippen LogP contribution in [-0.2, 0) is 6.54 Å². The molecule has 0 spiro atoms. The zero-order valence-corrected chi connectivity index (χ0v) is 16.2. The lowest BCUT2D eigenvalue weighted by Crippen LogP contribution is -3.00. The van der Waals surface area contributed by atoms with Gasteiger partial charge in [0.1, 0.15) is 5.75 Å². The average Bonchev–Trinajstić information content (AvgIpc) is 2.55. The van der Waals surface area contributed by atoms with Gasteiger partial charge in [-0.15, -0.1) is 0 Å². The maximum atomic E-state index is 12.4. The molecule has 2 aromatic carbocycles. The second-order valence-electron chi connectivity index (χ2n) is 4.99. The lowest BCUT2D eigenvalue weighted by Gasteiger charge is -2.04. The Labute approximate surface area is 160 Å². The number of fused-ring (bicyclic) bond motifs is 1. The number of benzene rings is 2. The Hall–Kier alpha value is -1.47. The normalized spacial score (nSPS) is 10.2. The maximum absolute atomic E-state index is 12.4. The van der Waals surface area contributed by atoms with Gasteiger partial charge in [-0.3, -0.25) is 4.79 Å². The highest BCUT2D eigenvalue weighted by molar-refractivity contribution is 9.10. The van der Waals surface area contributed by atoms with Crippen molar-refractivity contribution >= 4 is 32.6 Å². The van der Waals surface area contributed by atoms with Crippen molar-refractivity contribution in [2.75, 3.05) is 7.11 Å². The Balaban J connectivity index is 0.00000192. The quantitative estimate of drug-likeness (QED) is 0.312. The molecule has 0 atom stereocenters. The number of carbonyl (C=O) groups is 1. The molecule has 118 valence electrons. The van der Waals surface area contributed by atoms with E-state index in [1.807, 2.05) is 65.4 Å². The van der Waals surface area contributed by atoms with Gasteiger partial charge in [0.05, 0.1) is 12.5 Å². The molecule has 0 aliphatic rings. The van der Waals surface area contributed by atoms with Crippen molar-refractivity contribution in [1.82, 2.24) is 0 Å². The van der Waals surface area contributed by atoms with Gasteiger partial charge in [0.2, 0.25) is 17.8 Å². The number of nitrogens with zero attached hydrogens (tertiary/aromatic N) is 1. The molecule has 0 aliphatic heterocycles. The van der Waals surface area contributed by atoms with E-state index in [1.165, 1.54) is 0 Å². The molecule has 0 amide bonds. The third-order valence-electron chi connectivity index (χ3n) is 3.57. The van der Waals surface area contributed by atoms with Gasteiger partial charge in [0.25, 0.3) is 0 Å². The zero-order chi connectivity index (χ0) is 15.5. The number of aromatic nitrogens is 1. The van der Waals surface area contributed by atoms with E-state index in [2.05, 4.69) is 15.9 Å². The van der Waals surface area contributed by atoms with Crippen LogP contribution in [0.25, 0.3) is 10.9 Å². The van der Waals surface area contributed by atoms with Crippen LogP contribution in [0, 0.1) is 0 Å². The highest BCUT2D eigenvalue weighted by atomic mass is 127. The Morgan fingerprint density at radius 1 is 1.13 bits per heavy atom. The fourth-order valence-corrected chi connectivity index (χ4v) is 2.67. The molecule has 0 fully saturated rings. The van der Waals surface area contributed by atoms with Crippen molar-refractivity contribution in [1.29, 1.82) is 0 Å². The summed E-state index contributed by atoms with van der Waals surface area (Å²) in [5.41, 5.74) is 1.72. The average molecular weight is 484 g/mol. The van der Waals surface area contributed by atoms with E-state index in [9.17, 15) is 4.79 Å². The summed E-state index contributed by atoms with van der Waals surface area (Å²) < 4.78 is 8.17. The fourth-order valence-electron chi connectivity index (χ4n) is 2.41. The molecule has 0 saturated carbocycles. The van der Waals surface area contributed by atoms with Crippen LogP contribution < -0.4 is 33.3 Å². The van der Waals surface area contributed by atoms with Crippen LogP contribution in [-0.4, -0.2) is 12.9 Å². The first-order chi connectivity index (χ1) is 10.7. The number of ether oxygens (including phenoxy) is 1. The van der Waals surface area contributed by atoms with Gasteiger partial charge in [-0.25, -0.2) is 0 Å². The molecule has 0 saturated heterocycles. The second-order valence-corrected chi connectivity index (χ2v) is 5.91. The minimum atomic E-state index is 0. The molecular formula is C18H15BrINO2. The smallest absolute Gasteiger partial charge is 0.227 e. The van der Waals surface area contributed by atoms with E-state index in [1.54, 1.807) is 7.11 Å². The van der Waals surface area contributed by atoms with E-state index < -0.39 is 0 Å². The molecule has 0 N–H and O–H groups in total. The summed E-state index contributed by atoms with van der Waals surface area (Å²) in [6.45, 7) is 0.311.